The molecule has 0 saturated heterocycles. The molecule has 0 amide bonds. The summed E-state index contributed by atoms with van der Waals surface area (Å²) in [5, 5.41) is 21.0. The van der Waals surface area contributed by atoms with E-state index in [0.29, 0.717) is 16.8 Å². The number of azo groups is 1. The number of methoxy groups -OCH3 is 1. The Hall–Kier alpha value is -3.00. The Labute approximate surface area is 142 Å². The van der Waals surface area contributed by atoms with Crippen molar-refractivity contribution in [2.24, 2.45) is 10.2 Å². The third kappa shape index (κ3) is 3.18. The number of nitrogens with zero attached hydrogens (tertiary/aromatic N) is 2. The molecule has 1 heterocycles. The maximum absolute atomic E-state index is 13.7. The number of aromatic nitrogens is 1. The van der Waals surface area contributed by atoms with Crippen LogP contribution in [0.2, 0.25) is 0 Å². The molecule has 0 unspecified atom stereocenters. The normalized spacial score (nSPS) is 11.1. The lowest BCUT2D eigenvalue weighted by atomic mass is 10.2. The number of aromatic amines is 1. The fraction of sp³-hybridized carbons (Fsp3) is 0.0625. The lowest BCUT2D eigenvalue weighted by Crippen LogP contribution is -2.04. The van der Waals surface area contributed by atoms with E-state index < -0.39 is 5.82 Å². The molecule has 0 atom stereocenters. The van der Waals surface area contributed by atoms with Gasteiger partial charge in [-0.3, -0.25) is 0 Å². The summed E-state index contributed by atoms with van der Waals surface area (Å²) >= 11 is 5.10. The number of fused-ring (bicyclic) bond motifs is 1. The van der Waals surface area contributed by atoms with E-state index in [2.05, 4.69) is 20.5 Å². The summed E-state index contributed by atoms with van der Waals surface area (Å²) < 4.78 is 18.8. The molecule has 3 N–H and O–H groups in total. The lowest BCUT2D eigenvalue weighted by Gasteiger charge is -2.05. The number of rotatable bonds is 3. The van der Waals surface area contributed by atoms with Crippen molar-refractivity contribution >= 4 is 39.6 Å². The maximum atomic E-state index is 13.7. The van der Waals surface area contributed by atoms with Crippen LogP contribution in [0, 0.1) is 5.82 Å². The molecule has 2 aromatic carbocycles. The fourth-order valence-electron chi connectivity index (χ4n) is 2.20. The van der Waals surface area contributed by atoms with E-state index in [9.17, 15) is 9.50 Å². The van der Waals surface area contributed by atoms with Gasteiger partial charge in [-0.2, -0.15) is 0 Å². The molecule has 3 aromatic rings. The minimum atomic E-state index is -0.485. The Morgan fingerprint density at radius 3 is 2.88 bits per heavy atom. The predicted molar refractivity (Wildman–Crippen MR) is 93.7 cm³/mol. The second kappa shape index (κ2) is 6.63. The van der Waals surface area contributed by atoms with Gasteiger partial charge < -0.3 is 20.1 Å². The number of H-pyrrole nitrogens is 1. The van der Waals surface area contributed by atoms with Crippen LogP contribution in [0.5, 0.6) is 11.6 Å². The van der Waals surface area contributed by atoms with Crippen LogP contribution in [-0.2, 0) is 0 Å². The van der Waals surface area contributed by atoms with Crippen LogP contribution in [0.15, 0.2) is 52.7 Å². The van der Waals surface area contributed by atoms with Gasteiger partial charge >= 0.3 is 0 Å². The Morgan fingerprint density at radius 2 is 2.08 bits per heavy atom. The van der Waals surface area contributed by atoms with E-state index in [1.807, 2.05) is 0 Å². The zero-order valence-electron chi connectivity index (χ0n) is 12.6. The van der Waals surface area contributed by atoms with Crippen molar-refractivity contribution in [1.82, 2.24) is 4.98 Å². The largest absolute Gasteiger partial charge is 0.497 e. The van der Waals surface area contributed by atoms with Crippen LogP contribution in [0.3, 0.4) is 0 Å². The van der Waals surface area contributed by atoms with Gasteiger partial charge in [0.05, 0.1) is 12.6 Å². The van der Waals surface area contributed by atoms with Gasteiger partial charge in [-0.1, -0.05) is 18.2 Å². The zero-order chi connectivity index (χ0) is 17.1. The Kier molecular flexibility index (Phi) is 4.39. The average molecular weight is 344 g/mol. The number of aromatic hydroxyl groups is 1. The number of hydrogen-bond donors (Lipinski definition) is 3. The van der Waals surface area contributed by atoms with E-state index in [4.69, 9.17) is 17.0 Å². The van der Waals surface area contributed by atoms with Crippen LogP contribution in [0.4, 0.5) is 15.8 Å². The van der Waals surface area contributed by atoms with Gasteiger partial charge in [0.2, 0.25) is 11.0 Å². The van der Waals surface area contributed by atoms with E-state index in [0.717, 1.165) is 0 Å². The van der Waals surface area contributed by atoms with Gasteiger partial charge in [-0.05, 0) is 30.4 Å². The molecular formula is C16H13FN4O2S. The zero-order valence-corrected chi connectivity index (χ0v) is 13.4. The summed E-state index contributed by atoms with van der Waals surface area (Å²) in [4.78, 5) is 2.53. The molecule has 0 spiro atoms. The van der Waals surface area contributed by atoms with Gasteiger partial charge in [0.1, 0.15) is 11.6 Å². The third-order valence-corrected chi connectivity index (χ3v) is 3.48. The van der Waals surface area contributed by atoms with Crippen molar-refractivity contribution in [2.45, 2.75) is 0 Å². The third-order valence-electron chi connectivity index (χ3n) is 3.30. The molecule has 6 nitrogen and oxygen atoms in total. The molecule has 1 aromatic heterocycles. The summed E-state index contributed by atoms with van der Waals surface area (Å²) in [6, 6.07) is 11.6. The second-order valence-electron chi connectivity index (χ2n) is 4.85. The first-order valence-corrected chi connectivity index (χ1v) is 7.35. The molecule has 0 aliphatic rings. The van der Waals surface area contributed by atoms with E-state index >= 15 is 0 Å². The summed E-state index contributed by atoms with van der Waals surface area (Å²) in [6.07, 6.45) is 0. The SMILES string of the molecule is COc1cccc(NC(=S)N=Nc2c(O)[nH]c3c(F)cccc23)c1. The first-order valence-electron chi connectivity index (χ1n) is 6.94. The van der Waals surface area contributed by atoms with Crippen molar-refractivity contribution < 1.29 is 14.2 Å². The number of para-hydroxylation sites is 1. The molecule has 122 valence electrons. The maximum Gasteiger partial charge on any atom is 0.218 e. The van der Waals surface area contributed by atoms with Crippen LogP contribution in [0.25, 0.3) is 10.9 Å². The highest BCUT2D eigenvalue weighted by molar-refractivity contribution is 7.80. The first kappa shape index (κ1) is 15.9. The van der Waals surface area contributed by atoms with Gasteiger partial charge in [-0.25, -0.2) is 4.39 Å². The van der Waals surface area contributed by atoms with Crippen molar-refractivity contribution in [1.29, 1.82) is 0 Å². The summed E-state index contributed by atoms with van der Waals surface area (Å²) in [7, 11) is 1.57. The van der Waals surface area contributed by atoms with Crippen LogP contribution in [-0.4, -0.2) is 22.3 Å². The van der Waals surface area contributed by atoms with Gasteiger partial charge in [-0.15, -0.1) is 10.2 Å². The quantitative estimate of drug-likeness (QED) is 0.482. The number of ether oxygens (including phenoxy) is 1. The molecule has 0 fully saturated rings. The Balaban J connectivity index is 1.82. The minimum absolute atomic E-state index is 0.0911. The van der Waals surface area contributed by atoms with Crippen LogP contribution in [0.1, 0.15) is 0 Å². The first-order chi connectivity index (χ1) is 11.6. The molecule has 0 saturated carbocycles. The van der Waals surface area contributed by atoms with E-state index in [1.165, 1.54) is 12.1 Å². The van der Waals surface area contributed by atoms with Crippen molar-refractivity contribution in [3.63, 3.8) is 0 Å². The highest BCUT2D eigenvalue weighted by Crippen LogP contribution is 2.36. The van der Waals surface area contributed by atoms with Gasteiger partial charge in [0.25, 0.3) is 0 Å². The molecule has 0 aliphatic heterocycles. The predicted octanol–water partition coefficient (Wildman–Crippen LogP) is 4.50. The number of anilines is 1. The highest BCUT2D eigenvalue weighted by Gasteiger charge is 2.13. The smallest absolute Gasteiger partial charge is 0.218 e. The number of nitrogens with one attached hydrogen (secondary N) is 2. The monoisotopic (exact) mass is 344 g/mol. The molecule has 0 aliphatic carbocycles. The Morgan fingerprint density at radius 1 is 1.29 bits per heavy atom. The topological polar surface area (TPSA) is 82.0 Å². The average Bonchev–Trinajstić information content (AvgIpc) is 2.90. The molecule has 24 heavy (non-hydrogen) atoms. The summed E-state index contributed by atoms with van der Waals surface area (Å²) in [6.45, 7) is 0. The van der Waals surface area contributed by atoms with E-state index in [-0.39, 0.29) is 22.2 Å². The van der Waals surface area contributed by atoms with Gasteiger partial charge in [0.15, 0.2) is 5.69 Å². The molecular weight excluding hydrogens is 331 g/mol. The van der Waals surface area contributed by atoms with E-state index in [1.54, 1.807) is 37.4 Å². The molecule has 0 bridgehead atoms. The minimum Gasteiger partial charge on any atom is -0.497 e. The van der Waals surface area contributed by atoms with Crippen molar-refractivity contribution in [3.05, 3.63) is 48.3 Å². The number of benzene rings is 2. The molecule has 3 rings (SSSR count). The van der Waals surface area contributed by atoms with Crippen molar-refractivity contribution in [3.8, 4) is 11.6 Å². The highest BCUT2D eigenvalue weighted by atomic mass is 32.1. The lowest BCUT2D eigenvalue weighted by molar-refractivity contribution is 0.415. The van der Waals surface area contributed by atoms with Crippen molar-refractivity contribution in [2.75, 3.05) is 12.4 Å². The Bertz CT molecular complexity index is 939. The number of hydrogen-bond acceptors (Lipinski definition) is 4. The number of thiocarbonyl (C=S) groups is 1. The second-order valence-corrected chi connectivity index (χ2v) is 5.23. The summed E-state index contributed by atoms with van der Waals surface area (Å²) in [5.74, 6) is -0.0890. The molecule has 8 heteroatoms. The number of halogens is 1. The summed E-state index contributed by atoms with van der Waals surface area (Å²) in [5.41, 5.74) is 0.974. The van der Waals surface area contributed by atoms with Gasteiger partial charge in [0, 0.05) is 17.1 Å². The molecule has 0 radical (unpaired) electrons. The van der Waals surface area contributed by atoms with Crippen LogP contribution < -0.4 is 10.1 Å². The standard InChI is InChI=1S/C16H13FN4O2S/c1-23-10-5-2-4-9(8-10)18-16(24)21-20-14-11-6-3-7-12(17)13(11)19-15(14)22/h2-8,19,22H,1H3,(H,18,24). The fourth-order valence-corrected chi connectivity index (χ4v) is 2.36. The van der Waals surface area contributed by atoms with Crippen LogP contribution >= 0.6 is 12.2 Å².